The second kappa shape index (κ2) is 8.61. The van der Waals surface area contributed by atoms with E-state index in [1.165, 1.54) is 72.0 Å². The van der Waals surface area contributed by atoms with Crippen molar-refractivity contribution in [2.75, 3.05) is 0 Å². The molecule has 7 aromatic carbocycles. The monoisotopic (exact) mass is 574 g/mol. The van der Waals surface area contributed by atoms with Gasteiger partial charge in [0.1, 0.15) is 11.5 Å². The van der Waals surface area contributed by atoms with Gasteiger partial charge in [-0.2, -0.15) is 0 Å². The lowest BCUT2D eigenvalue weighted by atomic mass is 9.67. The van der Waals surface area contributed by atoms with Crippen molar-refractivity contribution in [1.29, 1.82) is 0 Å². The minimum Gasteiger partial charge on any atom is -0.456 e. The molecule has 0 saturated carbocycles. The minimum atomic E-state index is -0.472. The first-order chi connectivity index (χ1) is 22.1. The molecule has 0 fully saturated rings. The average Bonchev–Trinajstić information content (AvgIpc) is 3.56. The Bertz CT molecular complexity index is 2380. The third kappa shape index (κ3) is 2.99. The molecule has 1 unspecified atom stereocenters. The lowest BCUT2D eigenvalue weighted by Crippen LogP contribution is -2.27. The highest BCUT2D eigenvalue weighted by atomic mass is 16.5. The van der Waals surface area contributed by atoms with E-state index in [-0.39, 0.29) is 5.41 Å². The normalized spacial score (nSPS) is 17.6. The Balaban J connectivity index is 1.37. The van der Waals surface area contributed by atoms with Crippen molar-refractivity contribution in [3.05, 3.63) is 179 Å². The summed E-state index contributed by atoms with van der Waals surface area (Å²) in [5, 5.41) is 2.58. The fourth-order valence-electron chi connectivity index (χ4n) is 8.88. The van der Waals surface area contributed by atoms with E-state index >= 15 is 0 Å². The van der Waals surface area contributed by atoms with Gasteiger partial charge >= 0.3 is 0 Å². The number of para-hydroxylation sites is 2. The van der Waals surface area contributed by atoms with Crippen LogP contribution in [-0.4, -0.2) is 0 Å². The summed E-state index contributed by atoms with van der Waals surface area (Å²) in [6.07, 6.45) is 0. The first-order valence-electron chi connectivity index (χ1n) is 15.9. The van der Waals surface area contributed by atoms with Gasteiger partial charge in [-0.15, -0.1) is 0 Å². The average molecular weight is 575 g/mol. The van der Waals surface area contributed by atoms with Gasteiger partial charge in [0.05, 0.1) is 5.41 Å². The first kappa shape index (κ1) is 25.0. The molecule has 0 bridgehead atoms. The molecule has 0 radical (unpaired) electrons. The molecule has 7 aromatic rings. The molecule has 0 aromatic heterocycles. The molecular formula is C44H30O. The molecule has 1 heterocycles. The Morgan fingerprint density at radius 3 is 1.71 bits per heavy atom. The van der Waals surface area contributed by atoms with Crippen molar-refractivity contribution in [1.82, 2.24) is 0 Å². The van der Waals surface area contributed by atoms with Gasteiger partial charge in [0.25, 0.3) is 0 Å². The minimum absolute atomic E-state index is 0.193. The highest BCUT2D eigenvalue weighted by molar-refractivity contribution is 6.05. The van der Waals surface area contributed by atoms with Gasteiger partial charge in [0, 0.05) is 22.1 Å². The van der Waals surface area contributed by atoms with Crippen molar-refractivity contribution in [3.63, 3.8) is 0 Å². The third-order valence-corrected chi connectivity index (χ3v) is 10.7. The molecule has 1 heteroatoms. The fraction of sp³-hybridized carbons (Fsp3) is 0.0909. The lowest BCUT2D eigenvalue weighted by molar-refractivity contribution is 0.419. The van der Waals surface area contributed by atoms with E-state index < -0.39 is 5.41 Å². The fourth-order valence-corrected chi connectivity index (χ4v) is 8.88. The zero-order valence-electron chi connectivity index (χ0n) is 25.3. The van der Waals surface area contributed by atoms with Gasteiger partial charge in [-0.25, -0.2) is 0 Å². The largest absolute Gasteiger partial charge is 0.456 e. The quantitative estimate of drug-likeness (QED) is 0.189. The molecule has 45 heavy (non-hydrogen) atoms. The van der Waals surface area contributed by atoms with Gasteiger partial charge in [-0.3, -0.25) is 0 Å². The number of fused-ring (bicyclic) bond motifs is 14. The maximum absolute atomic E-state index is 6.90. The predicted octanol–water partition coefficient (Wildman–Crippen LogP) is 11.3. The van der Waals surface area contributed by atoms with Crippen molar-refractivity contribution >= 4 is 10.8 Å². The number of benzene rings is 7. The van der Waals surface area contributed by atoms with Gasteiger partial charge in [0.2, 0.25) is 0 Å². The zero-order valence-corrected chi connectivity index (χ0v) is 25.3. The Morgan fingerprint density at radius 2 is 0.933 bits per heavy atom. The van der Waals surface area contributed by atoms with Crippen molar-refractivity contribution in [2.45, 2.75) is 24.7 Å². The van der Waals surface area contributed by atoms with Crippen LogP contribution in [-0.2, 0) is 10.8 Å². The van der Waals surface area contributed by atoms with Crippen molar-refractivity contribution in [3.8, 4) is 44.9 Å². The van der Waals surface area contributed by atoms with Crippen LogP contribution in [0.15, 0.2) is 146 Å². The number of rotatable bonds is 1. The summed E-state index contributed by atoms with van der Waals surface area (Å²) in [7, 11) is 0. The summed E-state index contributed by atoms with van der Waals surface area (Å²) in [6, 6.07) is 53.8. The molecule has 1 spiro atoms. The molecule has 1 aliphatic heterocycles. The van der Waals surface area contributed by atoms with Gasteiger partial charge in [-0.05, 0) is 66.9 Å². The summed E-state index contributed by atoms with van der Waals surface area (Å²) < 4.78 is 6.90. The third-order valence-electron chi connectivity index (χ3n) is 10.7. The summed E-state index contributed by atoms with van der Waals surface area (Å²) >= 11 is 0. The molecule has 0 saturated heterocycles. The van der Waals surface area contributed by atoms with Crippen LogP contribution in [0.5, 0.6) is 11.5 Å². The van der Waals surface area contributed by atoms with E-state index in [2.05, 4.69) is 159 Å². The highest BCUT2D eigenvalue weighted by Gasteiger charge is 2.53. The van der Waals surface area contributed by atoms with E-state index in [0.29, 0.717) is 0 Å². The summed E-state index contributed by atoms with van der Waals surface area (Å²) in [5.74, 6) is 1.90. The zero-order chi connectivity index (χ0) is 29.9. The van der Waals surface area contributed by atoms with Gasteiger partial charge in [-0.1, -0.05) is 153 Å². The smallest absolute Gasteiger partial charge is 0.139 e. The second-order valence-corrected chi connectivity index (χ2v) is 13.2. The van der Waals surface area contributed by atoms with E-state index in [0.717, 1.165) is 17.1 Å². The van der Waals surface area contributed by atoms with Gasteiger partial charge in [0.15, 0.2) is 0 Å². The molecule has 3 aliphatic rings. The topological polar surface area (TPSA) is 9.23 Å². The van der Waals surface area contributed by atoms with Crippen LogP contribution in [0.1, 0.15) is 47.2 Å². The first-order valence-corrected chi connectivity index (χ1v) is 15.9. The van der Waals surface area contributed by atoms with E-state index in [1.54, 1.807) is 0 Å². The van der Waals surface area contributed by atoms with Crippen LogP contribution in [0.2, 0.25) is 0 Å². The lowest BCUT2D eigenvalue weighted by Gasteiger charge is -2.37. The number of hydrogen-bond acceptors (Lipinski definition) is 1. The predicted molar refractivity (Wildman–Crippen MR) is 184 cm³/mol. The maximum Gasteiger partial charge on any atom is 0.139 e. The highest BCUT2D eigenvalue weighted by Crippen LogP contribution is 2.66. The van der Waals surface area contributed by atoms with Crippen LogP contribution in [0.25, 0.3) is 44.2 Å². The number of hydrogen-bond donors (Lipinski definition) is 0. The van der Waals surface area contributed by atoms with Crippen molar-refractivity contribution < 1.29 is 4.74 Å². The summed E-state index contributed by atoms with van der Waals surface area (Å²) in [5.41, 5.74) is 14.8. The maximum atomic E-state index is 6.90. The van der Waals surface area contributed by atoms with E-state index in [4.69, 9.17) is 4.74 Å². The molecule has 212 valence electrons. The second-order valence-electron chi connectivity index (χ2n) is 13.2. The molecular weight excluding hydrogens is 544 g/mol. The standard InChI is InChI=1S/C44H30O/c1-43(2)37-22-9-10-24-39(37)45-42-34(19-12-23-38(42)43)32-18-11-17-31-29-15-5-7-20-35(29)44(41(31)32)36-21-8-6-16-30(36)33-26-25-27-13-3-4-14-28(27)40(33)44/h3-26H,1-2H3. The summed E-state index contributed by atoms with van der Waals surface area (Å²) in [6.45, 7) is 4.64. The van der Waals surface area contributed by atoms with Gasteiger partial charge < -0.3 is 4.74 Å². The van der Waals surface area contributed by atoms with Crippen LogP contribution >= 0.6 is 0 Å². The molecule has 10 rings (SSSR count). The van der Waals surface area contributed by atoms with E-state index in [9.17, 15) is 0 Å². The summed E-state index contributed by atoms with van der Waals surface area (Å²) in [4.78, 5) is 0. The van der Waals surface area contributed by atoms with Crippen LogP contribution in [0, 0.1) is 0 Å². The molecule has 2 aliphatic carbocycles. The molecule has 1 nitrogen and oxygen atoms in total. The molecule has 0 N–H and O–H groups in total. The molecule has 1 atom stereocenters. The number of ether oxygens (including phenoxy) is 1. The molecule has 0 amide bonds. The van der Waals surface area contributed by atoms with Crippen molar-refractivity contribution in [2.24, 2.45) is 0 Å². The Morgan fingerprint density at radius 1 is 0.400 bits per heavy atom. The Labute approximate surface area is 263 Å². The Kier molecular flexibility index (Phi) is 4.78. The van der Waals surface area contributed by atoms with E-state index in [1.807, 2.05) is 0 Å². The SMILES string of the molecule is CC1(C)c2ccccc2Oc2c(-c3cccc4c3C3(c5ccccc5-4)c4ccccc4-c4ccc5ccccc5c43)cccc21. The van der Waals surface area contributed by atoms with Crippen LogP contribution in [0.4, 0.5) is 0 Å². The Hall–Kier alpha value is -5.40. The van der Waals surface area contributed by atoms with Crippen LogP contribution < -0.4 is 4.74 Å². The van der Waals surface area contributed by atoms with Crippen LogP contribution in [0.3, 0.4) is 0 Å².